The standard InChI is InChI=1S/C13H19N5O/c1-4-14-8-12(19)17-11-5-10-6-16-18(9(2)3)13(10)15-7-11/h5-7,9,14H,4,8H2,1-3H3,(H,17,19). The zero-order valence-electron chi connectivity index (χ0n) is 11.5. The number of anilines is 1. The molecule has 0 saturated carbocycles. The highest BCUT2D eigenvalue weighted by Gasteiger charge is 2.08. The molecule has 2 rings (SSSR count). The van der Waals surface area contributed by atoms with E-state index in [4.69, 9.17) is 0 Å². The molecule has 19 heavy (non-hydrogen) atoms. The van der Waals surface area contributed by atoms with Gasteiger partial charge in [-0.05, 0) is 26.5 Å². The first kappa shape index (κ1) is 13.5. The molecule has 0 aliphatic carbocycles. The number of carbonyl (C=O) groups excluding carboxylic acids is 1. The lowest BCUT2D eigenvalue weighted by Crippen LogP contribution is -2.27. The van der Waals surface area contributed by atoms with Crippen LogP contribution in [0.1, 0.15) is 26.8 Å². The summed E-state index contributed by atoms with van der Waals surface area (Å²) in [6.45, 7) is 7.15. The molecule has 0 aliphatic heterocycles. The van der Waals surface area contributed by atoms with Crippen LogP contribution >= 0.6 is 0 Å². The Morgan fingerprint density at radius 1 is 1.42 bits per heavy atom. The molecule has 0 fully saturated rings. The highest BCUT2D eigenvalue weighted by molar-refractivity contribution is 5.93. The molecule has 1 amide bonds. The Bertz CT molecular complexity index is 575. The fraction of sp³-hybridized carbons (Fsp3) is 0.462. The van der Waals surface area contributed by atoms with Crippen LogP contribution < -0.4 is 10.6 Å². The molecule has 0 aliphatic rings. The van der Waals surface area contributed by atoms with Crippen LogP contribution in [0.15, 0.2) is 18.5 Å². The van der Waals surface area contributed by atoms with Gasteiger partial charge in [-0.25, -0.2) is 9.67 Å². The maximum atomic E-state index is 11.6. The average molecular weight is 261 g/mol. The zero-order valence-corrected chi connectivity index (χ0v) is 11.5. The zero-order chi connectivity index (χ0) is 13.8. The smallest absolute Gasteiger partial charge is 0.238 e. The maximum absolute atomic E-state index is 11.6. The van der Waals surface area contributed by atoms with E-state index in [1.54, 1.807) is 12.4 Å². The van der Waals surface area contributed by atoms with Gasteiger partial charge in [0.05, 0.1) is 24.6 Å². The molecule has 0 unspecified atom stereocenters. The molecule has 0 bridgehead atoms. The monoisotopic (exact) mass is 261 g/mol. The van der Waals surface area contributed by atoms with Crippen molar-refractivity contribution < 1.29 is 4.79 Å². The van der Waals surface area contributed by atoms with Crippen LogP contribution in [0.25, 0.3) is 11.0 Å². The summed E-state index contributed by atoms with van der Waals surface area (Å²) in [5.41, 5.74) is 1.53. The summed E-state index contributed by atoms with van der Waals surface area (Å²) < 4.78 is 1.86. The van der Waals surface area contributed by atoms with Gasteiger partial charge in [0, 0.05) is 11.4 Å². The van der Waals surface area contributed by atoms with Crippen LogP contribution in [0.5, 0.6) is 0 Å². The van der Waals surface area contributed by atoms with E-state index in [9.17, 15) is 4.79 Å². The Hall–Kier alpha value is -1.95. The summed E-state index contributed by atoms with van der Waals surface area (Å²) in [6.07, 6.45) is 3.43. The van der Waals surface area contributed by atoms with Gasteiger partial charge in [0.25, 0.3) is 0 Å². The Morgan fingerprint density at radius 3 is 2.89 bits per heavy atom. The van der Waals surface area contributed by atoms with E-state index < -0.39 is 0 Å². The lowest BCUT2D eigenvalue weighted by molar-refractivity contribution is -0.115. The number of hydrogen-bond donors (Lipinski definition) is 2. The van der Waals surface area contributed by atoms with Crippen LogP contribution in [0.2, 0.25) is 0 Å². The Labute approximate surface area is 112 Å². The van der Waals surface area contributed by atoms with Gasteiger partial charge < -0.3 is 10.6 Å². The Kier molecular flexibility index (Phi) is 4.11. The molecule has 6 nitrogen and oxygen atoms in total. The number of fused-ring (bicyclic) bond motifs is 1. The predicted octanol–water partition coefficient (Wildman–Crippen LogP) is 1.56. The summed E-state index contributed by atoms with van der Waals surface area (Å²) in [4.78, 5) is 16.0. The first-order valence-electron chi connectivity index (χ1n) is 6.45. The van der Waals surface area contributed by atoms with E-state index in [0.717, 1.165) is 17.6 Å². The van der Waals surface area contributed by atoms with Crippen LogP contribution in [-0.2, 0) is 4.79 Å². The van der Waals surface area contributed by atoms with E-state index >= 15 is 0 Å². The van der Waals surface area contributed by atoms with E-state index in [1.165, 1.54) is 0 Å². The summed E-state index contributed by atoms with van der Waals surface area (Å²) in [5.74, 6) is -0.0701. The summed E-state index contributed by atoms with van der Waals surface area (Å²) in [7, 11) is 0. The fourth-order valence-corrected chi connectivity index (χ4v) is 1.83. The molecule has 2 aromatic heterocycles. The van der Waals surface area contributed by atoms with Crippen molar-refractivity contribution in [1.29, 1.82) is 0 Å². The molecule has 102 valence electrons. The number of nitrogens with zero attached hydrogens (tertiary/aromatic N) is 3. The molecule has 0 aromatic carbocycles. The van der Waals surface area contributed by atoms with Gasteiger partial charge in [0.1, 0.15) is 0 Å². The van der Waals surface area contributed by atoms with E-state index in [2.05, 4.69) is 34.6 Å². The molecule has 0 spiro atoms. The van der Waals surface area contributed by atoms with Crippen molar-refractivity contribution in [2.75, 3.05) is 18.4 Å². The van der Waals surface area contributed by atoms with Crippen LogP contribution in [0, 0.1) is 0 Å². The van der Waals surface area contributed by atoms with Gasteiger partial charge in [-0.15, -0.1) is 0 Å². The number of carbonyl (C=O) groups is 1. The second-order valence-corrected chi connectivity index (χ2v) is 4.65. The minimum absolute atomic E-state index is 0.0701. The minimum atomic E-state index is -0.0701. The van der Waals surface area contributed by atoms with E-state index in [-0.39, 0.29) is 11.9 Å². The lowest BCUT2D eigenvalue weighted by Gasteiger charge is -2.07. The second kappa shape index (κ2) is 5.79. The van der Waals surface area contributed by atoms with E-state index in [1.807, 2.05) is 17.7 Å². The molecular formula is C13H19N5O. The topological polar surface area (TPSA) is 71.8 Å². The van der Waals surface area contributed by atoms with Gasteiger partial charge in [0.15, 0.2) is 5.65 Å². The van der Waals surface area contributed by atoms with Crippen LogP contribution in [0.3, 0.4) is 0 Å². The van der Waals surface area contributed by atoms with Crippen LogP contribution in [0.4, 0.5) is 5.69 Å². The SMILES string of the molecule is CCNCC(=O)Nc1cnc2c(cnn2C(C)C)c1. The third-order valence-electron chi connectivity index (χ3n) is 2.74. The molecule has 2 heterocycles. The average Bonchev–Trinajstić information content (AvgIpc) is 2.79. The predicted molar refractivity (Wildman–Crippen MR) is 75.1 cm³/mol. The first-order chi connectivity index (χ1) is 9.11. The van der Waals surface area contributed by atoms with Gasteiger partial charge >= 0.3 is 0 Å². The summed E-state index contributed by atoms with van der Waals surface area (Å²) >= 11 is 0. The van der Waals surface area contributed by atoms with Crippen molar-refractivity contribution in [3.8, 4) is 0 Å². The van der Waals surface area contributed by atoms with Crippen molar-refractivity contribution >= 4 is 22.6 Å². The van der Waals surface area contributed by atoms with Crippen LogP contribution in [-0.4, -0.2) is 33.8 Å². The maximum Gasteiger partial charge on any atom is 0.238 e. The molecule has 6 heteroatoms. The molecule has 2 N–H and O–H groups in total. The summed E-state index contributed by atoms with van der Waals surface area (Å²) in [6, 6.07) is 2.15. The molecule has 0 atom stereocenters. The number of nitrogens with one attached hydrogen (secondary N) is 2. The van der Waals surface area contributed by atoms with Gasteiger partial charge in [-0.1, -0.05) is 6.92 Å². The lowest BCUT2D eigenvalue weighted by atomic mass is 10.3. The van der Waals surface area contributed by atoms with Crippen molar-refractivity contribution in [2.24, 2.45) is 0 Å². The molecule has 0 saturated heterocycles. The van der Waals surface area contributed by atoms with Gasteiger partial charge in [-0.3, -0.25) is 4.79 Å². The quantitative estimate of drug-likeness (QED) is 0.856. The summed E-state index contributed by atoms with van der Waals surface area (Å²) in [5, 5.41) is 11.0. The molecular weight excluding hydrogens is 242 g/mol. The highest BCUT2D eigenvalue weighted by atomic mass is 16.1. The molecule has 0 radical (unpaired) electrons. The third kappa shape index (κ3) is 3.08. The van der Waals surface area contributed by atoms with Gasteiger partial charge in [0.2, 0.25) is 5.91 Å². The van der Waals surface area contributed by atoms with Crippen molar-refractivity contribution in [1.82, 2.24) is 20.1 Å². The fourth-order valence-electron chi connectivity index (χ4n) is 1.83. The van der Waals surface area contributed by atoms with Crippen molar-refractivity contribution in [3.63, 3.8) is 0 Å². The van der Waals surface area contributed by atoms with Crippen molar-refractivity contribution in [3.05, 3.63) is 18.5 Å². The minimum Gasteiger partial charge on any atom is -0.324 e. The normalized spacial score (nSPS) is 11.2. The van der Waals surface area contributed by atoms with Gasteiger partial charge in [-0.2, -0.15) is 5.10 Å². The number of hydrogen-bond acceptors (Lipinski definition) is 4. The molecule has 2 aromatic rings. The number of pyridine rings is 1. The second-order valence-electron chi connectivity index (χ2n) is 4.65. The number of likely N-dealkylation sites (N-methyl/N-ethyl adjacent to an activating group) is 1. The highest BCUT2D eigenvalue weighted by Crippen LogP contribution is 2.18. The largest absolute Gasteiger partial charge is 0.324 e. The first-order valence-corrected chi connectivity index (χ1v) is 6.45. The number of aromatic nitrogens is 3. The number of amides is 1. The Morgan fingerprint density at radius 2 is 2.21 bits per heavy atom. The number of rotatable bonds is 5. The van der Waals surface area contributed by atoms with Crippen molar-refractivity contribution in [2.45, 2.75) is 26.8 Å². The third-order valence-corrected chi connectivity index (χ3v) is 2.74. The Balaban J connectivity index is 2.16. The van der Waals surface area contributed by atoms with E-state index in [0.29, 0.717) is 12.2 Å².